The molecule has 0 saturated carbocycles. The van der Waals surface area contributed by atoms with Crippen molar-refractivity contribution in [2.24, 2.45) is 16.6 Å². The zero-order valence-electron chi connectivity index (χ0n) is 17.6. The normalized spacial score (nSPS) is 16.5. The Labute approximate surface area is 168 Å². The highest BCUT2D eigenvalue weighted by Gasteiger charge is 2.23. The summed E-state index contributed by atoms with van der Waals surface area (Å²) in [5.74, 6) is 1.42. The van der Waals surface area contributed by atoms with Gasteiger partial charge < -0.3 is 16.0 Å². The lowest BCUT2D eigenvalue weighted by Gasteiger charge is -2.32. The van der Waals surface area contributed by atoms with Crippen LogP contribution >= 0.6 is 0 Å². The van der Waals surface area contributed by atoms with Gasteiger partial charge in [0.1, 0.15) is 0 Å². The standard InChI is InChI=1S/C21H34N6O/c1-5-18(22)17(14-23-4)19-8-11-24-21(26-19)25-16-9-12-27(13-10-16)20(28)7-6-15(2)3/h8,11,14-16H,5-7,9-10,12-13,22H2,1-4H3,(H,24,25,26)/b18-17-,23-14?. The third-order valence-corrected chi connectivity index (χ3v) is 5.03. The highest BCUT2D eigenvalue weighted by atomic mass is 16.2. The SMILES string of the molecule is CC/C(N)=C(\C=NC)c1ccnc(NC2CCN(C(=O)CCC(C)C)CC2)n1. The van der Waals surface area contributed by atoms with Gasteiger partial charge in [-0.1, -0.05) is 20.8 Å². The van der Waals surface area contributed by atoms with Crippen molar-refractivity contribution in [1.82, 2.24) is 14.9 Å². The Kier molecular flexibility index (Phi) is 8.42. The van der Waals surface area contributed by atoms with Crippen molar-refractivity contribution < 1.29 is 4.79 Å². The molecule has 2 heterocycles. The average Bonchev–Trinajstić information content (AvgIpc) is 2.70. The largest absolute Gasteiger partial charge is 0.401 e. The predicted octanol–water partition coefficient (Wildman–Crippen LogP) is 3.10. The van der Waals surface area contributed by atoms with E-state index in [1.54, 1.807) is 19.5 Å². The highest BCUT2D eigenvalue weighted by molar-refractivity contribution is 6.10. The summed E-state index contributed by atoms with van der Waals surface area (Å²) in [5, 5.41) is 3.42. The number of amides is 1. The van der Waals surface area contributed by atoms with Crippen LogP contribution in [0.2, 0.25) is 0 Å². The van der Waals surface area contributed by atoms with E-state index in [1.807, 2.05) is 17.9 Å². The Hall–Kier alpha value is -2.44. The second-order valence-corrected chi connectivity index (χ2v) is 7.68. The minimum atomic E-state index is 0.264. The topological polar surface area (TPSA) is 96.5 Å². The van der Waals surface area contributed by atoms with Crippen molar-refractivity contribution in [3.63, 3.8) is 0 Å². The molecule has 1 fully saturated rings. The summed E-state index contributed by atoms with van der Waals surface area (Å²) in [5.41, 5.74) is 8.48. The van der Waals surface area contributed by atoms with Crippen LogP contribution in [-0.2, 0) is 4.79 Å². The number of nitrogens with two attached hydrogens (primary N) is 1. The van der Waals surface area contributed by atoms with Crippen LogP contribution in [0.15, 0.2) is 23.0 Å². The first kappa shape index (κ1) is 21.9. The van der Waals surface area contributed by atoms with Gasteiger partial charge in [-0.2, -0.15) is 0 Å². The van der Waals surface area contributed by atoms with Crippen LogP contribution in [0.1, 0.15) is 58.6 Å². The minimum absolute atomic E-state index is 0.264. The van der Waals surface area contributed by atoms with E-state index in [0.717, 1.165) is 55.7 Å². The van der Waals surface area contributed by atoms with E-state index in [2.05, 4.69) is 34.1 Å². The van der Waals surface area contributed by atoms with Gasteiger partial charge in [-0.15, -0.1) is 0 Å². The smallest absolute Gasteiger partial charge is 0.223 e. The number of aromatic nitrogens is 2. The fraction of sp³-hybridized carbons (Fsp3) is 0.619. The van der Waals surface area contributed by atoms with Crippen LogP contribution < -0.4 is 11.1 Å². The number of rotatable bonds is 8. The molecule has 0 radical (unpaired) electrons. The van der Waals surface area contributed by atoms with Crippen molar-refractivity contribution in [1.29, 1.82) is 0 Å². The molecule has 7 heteroatoms. The molecule has 1 aliphatic rings. The van der Waals surface area contributed by atoms with Gasteiger partial charge >= 0.3 is 0 Å². The summed E-state index contributed by atoms with van der Waals surface area (Å²) < 4.78 is 0. The van der Waals surface area contributed by atoms with E-state index in [-0.39, 0.29) is 11.9 Å². The van der Waals surface area contributed by atoms with Crippen molar-refractivity contribution >= 4 is 23.6 Å². The zero-order valence-corrected chi connectivity index (χ0v) is 17.6. The maximum absolute atomic E-state index is 12.3. The lowest BCUT2D eigenvalue weighted by Crippen LogP contribution is -2.42. The van der Waals surface area contributed by atoms with Crippen molar-refractivity contribution in [3.8, 4) is 0 Å². The summed E-state index contributed by atoms with van der Waals surface area (Å²) in [6, 6.07) is 2.11. The fourth-order valence-electron chi connectivity index (χ4n) is 3.24. The molecule has 28 heavy (non-hydrogen) atoms. The number of hydrogen-bond donors (Lipinski definition) is 2. The van der Waals surface area contributed by atoms with Crippen LogP contribution in [0.4, 0.5) is 5.95 Å². The van der Waals surface area contributed by atoms with Crippen molar-refractivity contribution in [2.75, 3.05) is 25.5 Å². The quantitative estimate of drug-likeness (QED) is 0.669. The molecule has 0 aliphatic carbocycles. The van der Waals surface area contributed by atoms with Gasteiger partial charge in [-0.05, 0) is 37.7 Å². The number of nitrogens with one attached hydrogen (secondary N) is 1. The molecule has 0 bridgehead atoms. The van der Waals surface area contributed by atoms with Crippen molar-refractivity contribution in [3.05, 3.63) is 23.7 Å². The molecule has 7 nitrogen and oxygen atoms in total. The molecule has 1 aromatic rings. The van der Waals surface area contributed by atoms with Gasteiger partial charge in [0.15, 0.2) is 0 Å². The molecule has 2 rings (SSSR count). The second-order valence-electron chi connectivity index (χ2n) is 7.68. The first-order valence-electron chi connectivity index (χ1n) is 10.2. The number of carbonyl (C=O) groups excluding carboxylic acids is 1. The molecular weight excluding hydrogens is 352 g/mol. The Morgan fingerprint density at radius 1 is 1.43 bits per heavy atom. The van der Waals surface area contributed by atoms with Crippen LogP contribution in [0.25, 0.3) is 5.57 Å². The Morgan fingerprint density at radius 3 is 2.75 bits per heavy atom. The molecule has 0 unspecified atom stereocenters. The third kappa shape index (κ3) is 6.32. The monoisotopic (exact) mass is 386 g/mol. The van der Waals surface area contributed by atoms with E-state index in [4.69, 9.17) is 5.73 Å². The van der Waals surface area contributed by atoms with Gasteiger partial charge in [0.2, 0.25) is 11.9 Å². The fourth-order valence-corrected chi connectivity index (χ4v) is 3.24. The van der Waals surface area contributed by atoms with Crippen molar-refractivity contribution in [2.45, 2.75) is 58.9 Å². The van der Waals surface area contributed by atoms with Crippen LogP contribution in [0.5, 0.6) is 0 Å². The molecule has 1 saturated heterocycles. The van der Waals surface area contributed by atoms with E-state index in [1.165, 1.54) is 0 Å². The number of carbonyl (C=O) groups is 1. The number of piperidine rings is 1. The van der Waals surface area contributed by atoms with E-state index < -0.39 is 0 Å². The molecule has 154 valence electrons. The molecule has 0 atom stereocenters. The summed E-state index contributed by atoms with van der Waals surface area (Å²) in [4.78, 5) is 27.4. The molecular formula is C21H34N6O. The maximum Gasteiger partial charge on any atom is 0.223 e. The Bertz CT molecular complexity index is 705. The Morgan fingerprint density at radius 2 is 2.14 bits per heavy atom. The number of hydrogen-bond acceptors (Lipinski definition) is 6. The lowest BCUT2D eigenvalue weighted by molar-refractivity contribution is -0.132. The summed E-state index contributed by atoms with van der Waals surface area (Å²) >= 11 is 0. The number of allylic oxidation sites excluding steroid dienone is 2. The number of nitrogens with zero attached hydrogens (tertiary/aromatic N) is 4. The van der Waals surface area contributed by atoms with Gasteiger partial charge in [0.05, 0.1) is 5.69 Å². The molecule has 3 N–H and O–H groups in total. The first-order chi connectivity index (χ1) is 13.4. The second kappa shape index (κ2) is 10.8. The molecule has 0 aromatic carbocycles. The number of anilines is 1. The minimum Gasteiger partial charge on any atom is -0.401 e. The number of aliphatic imine (C=N–C) groups is 1. The summed E-state index contributed by atoms with van der Waals surface area (Å²) in [6.45, 7) is 7.88. The average molecular weight is 387 g/mol. The zero-order chi connectivity index (χ0) is 20.5. The van der Waals surface area contributed by atoms with Crippen LogP contribution in [-0.4, -0.2) is 53.2 Å². The molecule has 1 amide bonds. The van der Waals surface area contributed by atoms with Gasteiger partial charge in [-0.3, -0.25) is 9.79 Å². The number of likely N-dealkylation sites (tertiary alicyclic amines) is 1. The van der Waals surface area contributed by atoms with E-state index in [9.17, 15) is 4.79 Å². The summed E-state index contributed by atoms with van der Waals surface area (Å²) in [7, 11) is 1.72. The maximum atomic E-state index is 12.3. The van der Waals surface area contributed by atoms with E-state index >= 15 is 0 Å². The Balaban J connectivity index is 1.96. The van der Waals surface area contributed by atoms with Crippen LogP contribution in [0.3, 0.4) is 0 Å². The van der Waals surface area contributed by atoms with Gasteiger partial charge in [0, 0.05) is 56.3 Å². The third-order valence-electron chi connectivity index (χ3n) is 5.03. The first-order valence-corrected chi connectivity index (χ1v) is 10.2. The lowest BCUT2D eigenvalue weighted by atomic mass is 10.0. The highest BCUT2D eigenvalue weighted by Crippen LogP contribution is 2.19. The van der Waals surface area contributed by atoms with Crippen LogP contribution in [0, 0.1) is 5.92 Å². The molecule has 0 spiro atoms. The van der Waals surface area contributed by atoms with Gasteiger partial charge in [0.25, 0.3) is 0 Å². The van der Waals surface area contributed by atoms with Gasteiger partial charge in [-0.25, -0.2) is 9.97 Å². The van der Waals surface area contributed by atoms with E-state index in [0.29, 0.717) is 18.3 Å². The molecule has 1 aliphatic heterocycles. The summed E-state index contributed by atoms with van der Waals surface area (Å²) in [6.07, 6.45) is 7.61. The molecule has 1 aromatic heterocycles. The predicted molar refractivity (Wildman–Crippen MR) is 115 cm³/mol.